The molecule has 17 aromatic rings. The van der Waals surface area contributed by atoms with Gasteiger partial charge in [0.05, 0.1) is 29.3 Å². The molecule has 0 atom stereocenters. The first-order chi connectivity index (χ1) is 59.7. The van der Waals surface area contributed by atoms with Crippen LogP contribution in [0.2, 0.25) is 0 Å². The summed E-state index contributed by atoms with van der Waals surface area (Å²) >= 11 is 0. The molecule has 120 heavy (non-hydrogen) atoms. The molecule has 5 heterocycles. The molecule has 14 aromatic carbocycles. The van der Waals surface area contributed by atoms with Crippen molar-refractivity contribution in [3.05, 3.63) is 349 Å². The number of nitrogens with zero attached hydrogens (tertiary/aromatic N) is 9. The summed E-state index contributed by atoms with van der Waals surface area (Å²) in [4.78, 5) is 38.4. The monoisotopic (exact) mass is 1560 g/mol. The molecule has 0 bridgehead atoms. The molecule has 0 amide bonds. The van der Waals surface area contributed by atoms with E-state index in [-0.39, 0.29) is 33.9 Å². The van der Waals surface area contributed by atoms with Crippen molar-refractivity contribution in [1.29, 1.82) is 0 Å². The van der Waals surface area contributed by atoms with Crippen LogP contribution >= 0.6 is 0 Å². The highest BCUT2D eigenvalue weighted by molar-refractivity contribution is 7.00. The van der Waals surface area contributed by atoms with Gasteiger partial charge in [-0.25, -0.2) is 29.9 Å². The molecule has 0 fully saturated rings. The van der Waals surface area contributed by atoms with Gasteiger partial charge in [-0.2, -0.15) is 0 Å². The first-order valence-corrected chi connectivity index (χ1v) is 41.7. The lowest BCUT2D eigenvalue weighted by atomic mass is 9.33. The fourth-order valence-electron chi connectivity index (χ4n) is 17.3. The van der Waals surface area contributed by atoms with Crippen molar-refractivity contribution in [3.8, 4) is 107 Å². The van der Waals surface area contributed by atoms with Gasteiger partial charge in [0.15, 0.2) is 34.9 Å². The molecule has 2 aliphatic heterocycles. The summed E-state index contributed by atoms with van der Waals surface area (Å²) in [6, 6.07) is 102. The Kier molecular flexibility index (Phi) is 17.3. The predicted molar refractivity (Wildman–Crippen MR) is 504 cm³/mol. The third-order valence-corrected chi connectivity index (χ3v) is 23.9. The summed E-state index contributed by atoms with van der Waals surface area (Å²) in [5.41, 5.74) is 24.2. The van der Waals surface area contributed by atoms with Gasteiger partial charge in [0.1, 0.15) is 0 Å². The van der Waals surface area contributed by atoms with E-state index in [1.54, 1.807) is 0 Å². The molecule has 0 N–H and O–H groups in total. The zero-order chi connectivity index (χ0) is 87.2. The van der Waals surface area contributed by atoms with Crippen molar-refractivity contribution in [1.82, 2.24) is 34.5 Å². The Bertz CT molecular complexity index is 6970. The molecule has 0 radical (unpaired) electrons. The molecule has 10 heteroatoms. The molecule has 586 valence electrons. The Morgan fingerprint density at radius 3 is 1.13 bits per heavy atom. The van der Waals surface area contributed by atoms with Crippen LogP contribution in [0.1, 0.15) is 139 Å². The highest BCUT2D eigenvalue weighted by Crippen LogP contribution is 2.55. The molecule has 2 aliphatic rings. The minimum Gasteiger partial charge on any atom is -0.311 e. The van der Waals surface area contributed by atoms with E-state index in [0.717, 1.165) is 139 Å². The number of hydrogen-bond donors (Lipinski definition) is 0. The zero-order valence-corrected chi connectivity index (χ0v) is 70.8. The fourth-order valence-corrected chi connectivity index (χ4v) is 17.3. The van der Waals surface area contributed by atoms with Crippen LogP contribution in [0.5, 0.6) is 0 Å². The molecule has 3 aromatic heterocycles. The summed E-state index contributed by atoms with van der Waals surface area (Å²) in [5.74, 6) is 2.93. The first-order valence-electron chi connectivity index (χ1n) is 44.2. The maximum Gasteiger partial charge on any atom is 0.252 e. The molecule has 9 nitrogen and oxygen atoms in total. The van der Waals surface area contributed by atoms with Crippen LogP contribution in [-0.4, -0.2) is 41.2 Å². The molecule has 0 unspecified atom stereocenters. The smallest absolute Gasteiger partial charge is 0.252 e. The molecule has 0 saturated heterocycles. The van der Waals surface area contributed by atoms with Gasteiger partial charge in [-0.1, -0.05) is 346 Å². The fraction of sp³-hybridized carbons (Fsp3) is 0.182. The molecule has 0 spiro atoms. The van der Waals surface area contributed by atoms with Crippen LogP contribution in [0.4, 0.5) is 34.1 Å². The van der Waals surface area contributed by atoms with Gasteiger partial charge in [-0.3, -0.25) is 0 Å². The van der Waals surface area contributed by atoms with E-state index in [1.807, 2.05) is 103 Å². The second-order valence-corrected chi connectivity index (χ2v) is 37.3. The molecule has 19 rings (SSSR count). The number of anilines is 6. The van der Waals surface area contributed by atoms with E-state index in [9.17, 15) is 5.48 Å². The largest absolute Gasteiger partial charge is 0.311 e. The lowest BCUT2D eigenvalue weighted by Gasteiger charge is -2.46. The van der Waals surface area contributed by atoms with Crippen molar-refractivity contribution in [2.24, 2.45) is 0 Å². The number of fused-ring (bicyclic) bond motifs is 7. The van der Waals surface area contributed by atoms with E-state index < -0.39 is 35.7 Å². The van der Waals surface area contributed by atoms with Crippen molar-refractivity contribution < 1.29 is 6.85 Å². The Morgan fingerprint density at radius 2 is 0.642 bits per heavy atom. The number of hydrogen-bond acceptors (Lipinski definition) is 8. The van der Waals surface area contributed by atoms with Gasteiger partial charge in [-0.05, 0) is 178 Å². The number of benzene rings is 14. The second kappa shape index (κ2) is 29.3. The van der Waals surface area contributed by atoms with Crippen LogP contribution in [0.3, 0.4) is 0 Å². The van der Waals surface area contributed by atoms with Crippen LogP contribution in [0, 0.1) is 0 Å². The molecular weight excluding hydrogens is 1460 g/mol. The quantitative estimate of drug-likeness (QED) is 0.112. The van der Waals surface area contributed by atoms with Gasteiger partial charge in [0, 0.05) is 78.2 Å². The lowest BCUT2D eigenvalue weighted by Crippen LogP contribution is -2.61. The minimum atomic E-state index is -0.578. The van der Waals surface area contributed by atoms with Crippen LogP contribution in [0.25, 0.3) is 129 Å². The van der Waals surface area contributed by atoms with Crippen molar-refractivity contribution in [2.45, 2.75) is 131 Å². The third-order valence-electron chi connectivity index (χ3n) is 23.9. The van der Waals surface area contributed by atoms with Gasteiger partial charge in [0.25, 0.3) is 6.71 Å². The second-order valence-electron chi connectivity index (χ2n) is 37.3. The van der Waals surface area contributed by atoms with Gasteiger partial charge < -0.3 is 14.4 Å². The van der Waals surface area contributed by atoms with Gasteiger partial charge >= 0.3 is 0 Å². The molecule has 0 aliphatic carbocycles. The average molecular weight is 1560 g/mol. The van der Waals surface area contributed by atoms with E-state index in [0.29, 0.717) is 51.8 Å². The molecule has 0 saturated carbocycles. The number of rotatable bonds is 12. The topological polar surface area (TPSA) is 88.8 Å². The van der Waals surface area contributed by atoms with Crippen LogP contribution < -0.4 is 26.2 Å². The predicted octanol–water partition coefficient (Wildman–Crippen LogP) is 26.7. The SMILES string of the molecule is [2H]c1c([2H])c([2H])c(-c2ccc3c(c2)N(c2ccc(C(C)(C)C)cc2-c2nc(-c4ccccc4)nc(-c4ccccc4)n2)c2cc(-c4cccc(C(C)(C)C)c4)cc4c2B3c2ccc(-n3c5ccc(C(C)(C)C)cc5c5cc(C(C)(C)C)ccc53)cc2N4c2c(-c3ccccc3)cc(C(C)(C)C)cc2-c2nc(-c3ccccc3)nc(-c3ccccc3)n2)c([2H])c1[2H]. The Labute approximate surface area is 713 Å². The summed E-state index contributed by atoms with van der Waals surface area (Å²) in [6.07, 6.45) is 0. The standard InChI is InChI=1S/C110H98BN9/c1-106(2,3)78-48-34-47-75(59-78)77-61-96-98-97(62-77)120(99-84(70-37-24-17-25-38-70)66-82(110(13,14)15)67-88(99)105-116-102(73-43-30-20-31-44-73)113-103(117-105)74-45-32-21-33-46-74)95-68-83(118-91-56-50-79(107(4,5)6)63-85(91)86-64-80(108(7,8)9)51-57-92(86)118)53-55-90(95)111(98)89-54-49-76(69-35-22-16-23-36-69)60-94(89)119(96)93-58-52-81(109(10,11)12)65-87(93)104-114-100(71-39-26-18-27-40-71)112-101(115-104)72-41-28-19-29-42-72/h16-68H,1-15H3/i16D,22D,23D,35D,36D. The Balaban J connectivity index is 1.02. The van der Waals surface area contributed by atoms with Crippen molar-refractivity contribution in [3.63, 3.8) is 0 Å². The molecular formula is C110H98BN9. The Morgan fingerprint density at radius 1 is 0.258 bits per heavy atom. The summed E-state index contributed by atoms with van der Waals surface area (Å²) < 4.78 is 49.6. The normalized spacial score (nSPS) is 13.5. The van der Waals surface area contributed by atoms with E-state index in [4.69, 9.17) is 31.3 Å². The lowest BCUT2D eigenvalue weighted by molar-refractivity contribution is 0.590. The average Bonchev–Trinajstić information content (AvgIpc) is 0.884. The minimum absolute atomic E-state index is 0.0814. The Hall–Kier alpha value is -13.4. The highest BCUT2D eigenvalue weighted by atomic mass is 15.2. The van der Waals surface area contributed by atoms with E-state index in [1.165, 1.54) is 11.1 Å². The number of aromatic nitrogens is 7. The zero-order valence-electron chi connectivity index (χ0n) is 75.8. The maximum absolute atomic E-state index is 9.80. The van der Waals surface area contributed by atoms with Gasteiger partial charge in [-0.15, -0.1) is 0 Å². The van der Waals surface area contributed by atoms with Crippen LogP contribution in [-0.2, 0) is 27.1 Å². The van der Waals surface area contributed by atoms with Crippen LogP contribution in [0.15, 0.2) is 321 Å². The van der Waals surface area contributed by atoms with Gasteiger partial charge in [0.2, 0.25) is 0 Å². The van der Waals surface area contributed by atoms with E-state index >= 15 is 0 Å². The van der Waals surface area contributed by atoms with Crippen molar-refractivity contribution >= 4 is 79.0 Å². The van der Waals surface area contributed by atoms with E-state index in [2.05, 4.69) is 306 Å². The summed E-state index contributed by atoms with van der Waals surface area (Å²) in [6.45, 7) is 33.4. The summed E-state index contributed by atoms with van der Waals surface area (Å²) in [7, 11) is 0. The third kappa shape index (κ3) is 13.9. The first kappa shape index (κ1) is 70.7. The maximum atomic E-state index is 9.80. The van der Waals surface area contributed by atoms with Crippen molar-refractivity contribution in [2.75, 3.05) is 9.80 Å². The summed E-state index contributed by atoms with van der Waals surface area (Å²) in [5, 5.41) is 2.32. The highest BCUT2D eigenvalue weighted by Gasteiger charge is 2.46.